The Labute approximate surface area is 84.6 Å². The fraction of sp³-hybridized carbons (Fsp3) is 0.250. The SMILES string of the molecule is Cc1cscc1CNc1ncns1. The maximum atomic E-state index is 4.05. The van der Waals surface area contributed by atoms with E-state index in [9.17, 15) is 0 Å². The Balaban J connectivity index is 1.97. The summed E-state index contributed by atoms with van der Waals surface area (Å²) in [6.07, 6.45) is 1.56. The Kier molecular flexibility index (Phi) is 2.56. The van der Waals surface area contributed by atoms with Crippen LogP contribution in [0.3, 0.4) is 0 Å². The van der Waals surface area contributed by atoms with Gasteiger partial charge in [-0.15, -0.1) is 0 Å². The van der Waals surface area contributed by atoms with Gasteiger partial charge in [-0.2, -0.15) is 15.7 Å². The van der Waals surface area contributed by atoms with E-state index in [1.807, 2.05) is 0 Å². The van der Waals surface area contributed by atoms with Gasteiger partial charge < -0.3 is 5.32 Å². The maximum absolute atomic E-state index is 4.05. The highest BCUT2D eigenvalue weighted by Crippen LogP contribution is 2.16. The summed E-state index contributed by atoms with van der Waals surface area (Å²) in [5.74, 6) is 0. The summed E-state index contributed by atoms with van der Waals surface area (Å²) in [4.78, 5) is 4.05. The van der Waals surface area contributed by atoms with Crippen LogP contribution in [0.2, 0.25) is 0 Å². The number of thiophene rings is 1. The lowest BCUT2D eigenvalue weighted by Crippen LogP contribution is -1.98. The minimum absolute atomic E-state index is 0.838. The lowest BCUT2D eigenvalue weighted by atomic mass is 10.2. The van der Waals surface area contributed by atoms with Crippen molar-refractivity contribution >= 4 is 28.0 Å². The highest BCUT2D eigenvalue weighted by molar-refractivity contribution is 7.09. The molecule has 0 atom stereocenters. The van der Waals surface area contributed by atoms with Gasteiger partial charge >= 0.3 is 0 Å². The van der Waals surface area contributed by atoms with Gasteiger partial charge in [0.15, 0.2) is 0 Å². The predicted octanol–water partition coefficient (Wildman–Crippen LogP) is 2.52. The van der Waals surface area contributed by atoms with Crippen molar-refractivity contribution in [2.24, 2.45) is 0 Å². The second kappa shape index (κ2) is 3.85. The van der Waals surface area contributed by atoms with E-state index in [4.69, 9.17) is 0 Å². The maximum Gasteiger partial charge on any atom is 0.202 e. The molecule has 0 amide bonds. The van der Waals surface area contributed by atoms with Crippen LogP contribution in [-0.2, 0) is 6.54 Å². The molecule has 0 saturated heterocycles. The van der Waals surface area contributed by atoms with E-state index < -0.39 is 0 Å². The Hall–Kier alpha value is -0.940. The lowest BCUT2D eigenvalue weighted by molar-refractivity contribution is 1.12. The summed E-state index contributed by atoms with van der Waals surface area (Å²) in [6, 6.07) is 0. The van der Waals surface area contributed by atoms with Crippen molar-refractivity contribution in [1.29, 1.82) is 0 Å². The van der Waals surface area contributed by atoms with E-state index in [0.29, 0.717) is 0 Å². The first-order valence-electron chi connectivity index (χ1n) is 3.88. The Morgan fingerprint density at radius 1 is 1.46 bits per heavy atom. The molecule has 2 rings (SSSR count). The standard InChI is InChI=1S/C8H9N3S2/c1-6-3-12-4-7(6)2-9-8-10-5-11-13-8/h3-5H,2H2,1H3,(H,9,10,11). The third kappa shape index (κ3) is 2.05. The lowest BCUT2D eigenvalue weighted by Gasteiger charge is -2.00. The van der Waals surface area contributed by atoms with Crippen molar-refractivity contribution in [3.63, 3.8) is 0 Å². The third-order valence-electron chi connectivity index (χ3n) is 1.75. The van der Waals surface area contributed by atoms with Gasteiger partial charge in [0.1, 0.15) is 6.33 Å². The van der Waals surface area contributed by atoms with Crippen molar-refractivity contribution in [3.8, 4) is 0 Å². The monoisotopic (exact) mass is 211 g/mol. The van der Waals surface area contributed by atoms with E-state index in [0.717, 1.165) is 11.7 Å². The molecule has 0 spiro atoms. The molecule has 68 valence electrons. The Morgan fingerprint density at radius 2 is 2.38 bits per heavy atom. The first-order valence-corrected chi connectivity index (χ1v) is 5.60. The third-order valence-corrected chi connectivity index (χ3v) is 3.29. The van der Waals surface area contributed by atoms with Crippen LogP contribution < -0.4 is 5.32 Å². The van der Waals surface area contributed by atoms with Crippen LogP contribution in [0, 0.1) is 6.92 Å². The second-order valence-electron chi connectivity index (χ2n) is 2.68. The fourth-order valence-electron chi connectivity index (χ4n) is 0.990. The van der Waals surface area contributed by atoms with E-state index in [2.05, 4.69) is 32.4 Å². The number of aryl methyl sites for hydroxylation is 1. The van der Waals surface area contributed by atoms with E-state index in [-0.39, 0.29) is 0 Å². The normalized spacial score (nSPS) is 10.2. The molecule has 0 fully saturated rings. The van der Waals surface area contributed by atoms with Crippen LogP contribution in [0.25, 0.3) is 0 Å². The molecule has 0 unspecified atom stereocenters. The largest absolute Gasteiger partial charge is 0.356 e. The molecule has 0 aliphatic carbocycles. The molecule has 2 aromatic heterocycles. The van der Waals surface area contributed by atoms with Gasteiger partial charge in [0, 0.05) is 18.1 Å². The van der Waals surface area contributed by atoms with Crippen molar-refractivity contribution in [2.75, 3.05) is 5.32 Å². The van der Waals surface area contributed by atoms with Gasteiger partial charge in [0.2, 0.25) is 5.13 Å². The van der Waals surface area contributed by atoms with Crippen molar-refractivity contribution in [1.82, 2.24) is 9.36 Å². The predicted molar refractivity (Wildman–Crippen MR) is 56.3 cm³/mol. The summed E-state index contributed by atoms with van der Waals surface area (Å²) in [5.41, 5.74) is 2.67. The molecule has 13 heavy (non-hydrogen) atoms. The van der Waals surface area contributed by atoms with Crippen molar-refractivity contribution < 1.29 is 0 Å². The molecule has 5 heteroatoms. The molecule has 0 radical (unpaired) electrons. The number of hydrogen-bond donors (Lipinski definition) is 1. The number of nitrogens with one attached hydrogen (secondary N) is 1. The molecule has 0 saturated carbocycles. The second-order valence-corrected chi connectivity index (χ2v) is 4.20. The molecular formula is C8H9N3S2. The fourth-order valence-corrected chi connectivity index (χ4v) is 2.27. The van der Waals surface area contributed by atoms with Crippen molar-refractivity contribution in [2.45, 2.75) is 13.5 Å². The van der Waals surface area contributed by atoms with Gasteiger partial charge in [0.05, 0.1) is 0 Å². The van der Waals surface area contributed by atoms with E-state index >= 15 is 0 Å². The molecule has 2 heterocycles. The summed E-state index contributed by atoms with van der Waals surface area (Å²) in [6.45, 7) is 2.96. The van der Waals surface area contributed by atoms with Gasteiger partial charge in [-0.1, -0.05) is 0 Å². The number of nitrogens with zero attached hydrogens (tertiary/aromatic N) is 2. The first kappa shape index (κ1) is 8.65. The molecular weight excluding hydrogens is 202 g/mol. The average molecular weight is 211 g/mol. The molecule has 1 N–H and O–H groups in total. The van der Waals surface area contributed by atoms with Crippen LogP contribution in [0.1, 0.15) is 11.1 Å². The first-order chi connectivity index (χ1) is 6.36. The average Bonchev–Trinajstić information content (AvgIpc) is 2.72. The summed E-state index contributed by atoms with van der Waals surface area (Å²) in [7, 11) is 0. The molecule has 0 aliphatic heterocycles. The van der Waals surface area contributed by atoms with Gasteiger partial charge in [0.25, 0.3) is 0 Å². The highest BCUT2D eigenvalue weighted by Gasteiger charge is 1.99. The molecule has 0 aliphatic rings. The summed E-state index contributed by atoms with van der Waals surface area (Å²) < 4.78 is 3.92. The van der Waals surface area contributed by atoms with Crippen LogP contribution in [0.4, 0.5) is 5.13 Å². The zero-order valence-electron chi connectivity index (χ0n) is 7.15. The van der Waals surface area contributed by atoms with Crippen LogP contribution in [-0.4, -0.2) is 9.36 Å². The number of aromatic nitrogens is 2. The van der Waals surface area contributed by atoms with Gasteiger partial charge in [-0.25, -0.2) is 4.98 Å². The highest BCUT2D eigenvalue weighted by atomic mass is 32.1. The molecule has 3 nitrogen and oxygen atoms in total. The zero-order valence-corrected chi connectivity index (χ0v) is 8.78. The van der Waals surface area contributed by atoms with Crippen LogP contribution in [0.5, 0.6) is 0 Å². The van der Waals surface area contributed by atoms with Gasteiger partial charge in [-0.05, 0) is 28.8 Å². The number of hydrogen-bond acceptors (Lipinski definition) is 5. The minimum atomic E-state index is 0.838. The summed E-state index contributed by atoms with van der Waals surface area (Å²) >= 11 is 3.11. The van der Waals surface area contributed by atoms with E-state index in [1.54, 1.807) is 17.7 Å². The molecule has 0 aromatic carbocycles. The quantitative estimate of drug-likeness (QED) is 0.847. The zero-order chi connectivity index (χ0) is 9.10. The van der Waals surface area contributed by atoms with E-state index in [1.165, 1.54) is 22.7 Å². The Bertz CT molecular complexity index is 366. The van der Waals surface area contributed by atoms with Gasteiger partial charge in [-0.3, -0.25) is 0 Å². The number of rotatable bonds is 3. The number of anilines is 1. The molecule has 2 aromatic rings. The van der Waals surface area contributed by atoms with Crippen LogP contribution >= 0.6 is 22.9 Å². The Morgan fingerprint density at radius 3 is 3.00 bits per heavy atom. The topological polar surface area (TPSA) is 37.8 Å². The minimum Gasteiger partial charge on any atom is -0.356 e. The molecule has 0 bridgehead atoms. The summed E-state index contributed by atoms with van der Waals surface area (Å²) in [5, 5.41) is 8.41. The van der Waals surface area contributed by atoms with Crippen molar-refractivity contribution in [3.05, 3.63) is 28.2 Å². The smallest absolute Gasteiger partial charge is 0.202 e. The van der Waals surface area contributed by atoms with Crippen LogP contribution in [0.15, 0.2) is 17.1 Å².